The van der Waals surface area contributed by atoms with E-state index in [0.717, 1.165) is 6.54 Å². The Morgan fingerprint density at radius 2 is 2.00 bits per heavy atom. The number of hydrogen-bond donors (Lipinski definition) is 3. The van der Waals surface area contributed by atoms with Crippen molar-refractivity contribution in [1.29, 1.82) is 0 Å². The quantitative estimate of drug-likeness (QED) is 0.380. The number of likely N-dealkylation sites (N-methyl/N-ethyl adjacent to an activating group) is 1. The van der Waals surface area contributed by atoms with E-state index in [4.69, 9.17) is 0 Å². The Bertz CT molecular complexity index is 442. The van der Waals surface area contributed by atoms with Gasteiger partial charge in [-0.05, 0) is 12.6 Å². The SMILES string of the molecule is CCNCCNC(=O)CNc1ccccc1[N+](=O)[O-].Cl. The second kappa shape index (κ2) is 9.99. The molecule has 1 rings (SSSR count). The first-order chi connectivity index (χ1) is 9.15. The Kier molecular flexibility index (Phi) is 9.06. The number of anilines is 1. The Hall–Kier alpha value is -1.86. The average Bonchev–Trinajstić information content (AvgIpc) is 2.41. The molecule has 0 spiro atoms. The molecule has 1 amide bonds. The van der Waals surface area contributed by atoms with Gasteiger partial charge in [0.2, 0.25) is 5.91 Å². The summed E-state index contributed by atoms with van der Waals surface area (Å²) in [7, 11) is 0. The van der Waals surface area contributed by atoms with Crippen LogP contribution >= 0.6 is 12.4 Å². The van der Waals surface area contributed by atoms with Crippen LogP contribution in [-0.4, -0.2) is 37.0 Å². The summed E-state index contributed by atoms with van der Waals surface area (Å²) in [5.41, 5.74) is 0.303. The molecule has 0 unspecified atom stereocenters. The molecular weight excluding hydrogens is 284 g/mol. The van der Waals surface area contributed by atoms with Gasteiger partial charge in [0.1, 0.15) is 5.69 Å². The molecule has 7 nitrogen and oxygen atoms in total. The summed E-state index contributed by atoms with van der Waals surface area (Å²) in [6.45, 7) is 4.08. The number of para-hydroxylation sites is 2. The third-order valence-electron chi connectivity index (χ3n) is 2.41. The number of halogens is 1. The second-order valence-corrected chi connectivity index (χ2v) is 3.83. The molecule has 112 valence electrons. The smallest absolute Gasteiger partial charge is 0.292 e. The lowest BCUT2D eigenvalue weighted by Gasteiger charge is -2.08. The van der Waals surface area contributed by atoms with E-state index in [-0.39, 0.29) is 30.5 Å². The fourth-order valence-corrected chi connectivity index (χ4v) is 1.49. The lowest BCUT2D eigenvalue weighted by molar-refractivity contribution is -0.383. The molecule has 3 N–H and O–H groups in total. The maximum absolute atomic E-state index is 11.5. The van der Waals surface area contributed by atoms with Crippen LogP contribution in [0.25, 0.3) is 0 Å². The zero-order chi connectivity index (χ0) is 14.1. The van der Waals surface area contributed by atoms with Gasteiger partial charge in [0.25, 0.3) is 5.69 Å². The summed E-state index contributed by atoms with van der Waals surface area (Å²) in [5, 5.41) is 19.3. The fraction of sp³-hybridized carbons (Fsp3) is 0.417. The van der Waals surface area contributed by atoms with Crippen molar-refractivity contribution in [2.24, 2.45) is 0 Å². The fourth-order valence-electron chi connectivity index (χ4n) is 1.49. The van der Waals surface area contributed by atoms with Gasteiger partial charge in [0, 0.05) is 19.2 Å². The molecule has 0 atom stereocenters. The van der Waals surface area contributed by atoms with Crippen molar-refractivity contribution in [1.82, 2.24) is 10.6 Å². The molecule has 0 aliphatic carbocycles. The summed E-state index contributed by atoms with van der Waals surface area (Å²) in [6, 6.07) is 6.23. The highest BCUT2D eigenvalue weighted by Crippen LogP contribution is 2.22. The molecule has 0 aliphatic rings. The van der Waals surface area contributed by atoms with Gasteiger partial charge < -0.3 is 16.0 Å². The van der Waals surface area contributed by atoms with Crippen LogP contribution in [0.2, 0.25) is 0 Å². The van der Waals surface area contributed by atoms with Crippen molar-refractivity contribution in [3.05, 3.63) is 34.4 Å². The van der Waals surface area contributed by atoms with Crippen molar-refractivity contribution in [3.8, 4) is 0 Å². The van der Waals surface area contributed by atoms with Gasteiger partial charge in [-0.25, -0.2) is 0 Å². The summed E-state index contributed by atoms with van der Waals surface area (Å²) in [6.07, 6.45) is 0. The van der Waals surface area contributed by atoms with Crippen LogP contribution < -0.4 is 16.0 Å². The summed E-state index contributed by atoms with van der Waals surface area (Å²) < 4.78 is 0. The molecule has 20 heavy (non-hydrogen) atoms. The molecule has 0 radical (unpaired) electrons. The number of amides is 1. The first-order valence-electron chi connectivity index (χ1n) is 6.10. The molecule has 0 heterocycles. The van der Waals surface area contributed by atoms with Gasteiger partial charge in [-0.15, -0.1) is 12.4 Å². The van der Waals surface area contributed by atoms with Crippen molar-refractivity contribution in [2.45, 2.75) is 6.92 Å². The minimum absolute atomic E-state index is 0. The van der Waals surface area contributed by atoms with Gasteiger partial charge in [-0.1, -0.05) is 19.1 Å². The van der Waals surface area contributed by atoms with Crippen LogP contribution in [0.1, 0.15) is 6.92 Å². The zero-order valence-electron chi connectivity index (χ0n) is 11.2. The Balaban J connectivity index is 0.00000361. The van der Waals surface area contributed by atoms with E-state index < -0.39 is 4.92 Å². The summed E-state index contributed by atoms with van der Waals surface area (Å²) >= 11 is 0. The van der Waals surface area contributed by atoms with Crippen LogP contribution in [0.4, 0.5) is 11.4 Å². The lowest BCUT2D eigenvalue weighted by Crippen LogP contribution is -2.35. The number of nitrogens with one attached hydrogen (secondary N) is 3. The van der Waals surface area contributed by atoms with Gasteiger partial charge in [0.05, 0.1) is 11.5 Å². The number of nitrogens with zero attached hydrogens (tertiary/aromatic N) is 1. The number of carbonyl (C=O) groups excluding carboxylic acids is 1. The van der Waals surface area contributed by atoms with E-state index in [9.17, 15) is 14.9 Å². The van der Waals surface area contributed by atoms with E-state index >= 15 is 0 Å². The molecule has 0 aromatic heterocycles. The molecule has 1 aromatic carbocycles. The topological polar surface area (TPSA) is 96.3 Å². The number of rotatable bonds is 8. The zero-order valence-corrected chi connectivity index (χ0v) is 12.0. The lowest BCUT2D eigenvalue weighted by atomic mass is 10.2. The molecule has 0 saturated heterocycles. The van der Waals surface area contributed by atoms with Crippen LogP contribution in [0.15, 0.2) is 24.3 Å². The number of hydrogen-bond acceptors (Lipinski definition) is 5. The van der Waals surface area contributed by atoms with Crippen LogP contribution in [0.3, 0.4) is 0 Å². The second-order valence-electron chi connectivity index (χ2n) is 3.83. The maximum Gasteiger partial charge on any atom is 0.292 e. The van der Waals surface area contributed by atoms with Gasteiger partial charge in [-0.3, -0.25) is 14.9 Å². The first kappa shape index (κ1) is 18.1. The maximum atomic E-state index is 11.5. The van der Waals surface area contributed by atoms with E-state index in [1.165, 1.54) is 6.07 Å². The molecule has 0 saturated carbocycles. The van der Waals surface area contributed by atoms with E-state index in [1.54, 1.807) is 18.2 Å². The van der Waals surface area contributed by atoms with Crippen molar-refractivity contribution < 1.29 is 9.72 Å². The number of nitro benzene ring substituents is 1. The van der Waals surface area contributed by atoms with Crippen LogP contribution in [0, 0.1) is 10.1 Å². The molecule has 0 aliphatic heterocycles. The average molecular weight is 303 g/mol. The first-order valence-corrected chi connectivity index (χ1v) is 6.10. The molecule has 8 heteroatoms. The molecule has 0 fully saturated rings. The molecule has 1 aromatic rings. The van der Waals surface area contributed by atoms with E-state index in [2.05, 4.69) is 16.0 Å². The van der Waals surface area contributed by atoms with Gasteiger partial charge in [-0.2, -0.15) is 0 Å². The predicted octanol–water partition coefficient (Wildman–Crippen LogP) is 1.15. The highest BCUT2D eigenvalue weighted by atomic mass is 35.5. The summed E-state index contributed by atoms with van der Waals surface area (Å²) in [4.78, 5) is 21.8. The predicted molar refractivity (Wildman–Crippen MR) is 80.4 cm³/mol. The van der Waals surface area contributed by atoms with Crippen molar-refractivity contribution in [2.75, 3.05) is 31.5 Å². The Morgan fingerprint density at radius 3 is 2.65 bits per heavy atom. The van der Waals surface area contributed by atoms with E-state index in [1.807, 2.05) is 6.92 Å². The molecule has 0 bridgehead atoms. The highest BCUT2D eigenvalue weighted by Gasteiger charge is 2.12. The van der Waals surface area contributed by atoms with Crippen LogP contribution in [0.5, 0.6) is 0 Å². The van der Waals surface area contributed by atoms with E-state index in [0.29, 0.717) is 18.8 Å². The third kappa shape index (κ3) is 6.35. The van der Waals surface area contributed by atoms with Crippen molar-refractivity contribution >= 4 is 29.7 Å². The van der Waals surface area contributed by atoms with Gasteiger partial charge in [0.15, 0.2) is 0 Å². The minimum Gasteiger partial charge on any atom is -0.371 e. The summed E-state index contributed by atoms with van der Waals surface area (Å²) in [5.74, 6) is -0.198. The van der Waals surface area contributed by atoms with Gasteiger partial charge >= 0.3 is 0 Å². The Morgan fingerprint density at radius 1 is 1.30 bits per heavy atom. The standard InChI is InChI=1S/C12H18N4O3.ClH/c1-2-13-7-8-14-12(17)9-15-10-5-3-4-6-11(10)16(18)19;/h3-6,13,15H,2,7-9H2,1H3,(H,14,17);1H. The number of benzene rings is 1. The number of carbonyl (C=O) groups is 1. The molecular formula is C12H19ClN4O3. The third-order valence-corrected chi connectivity index (χ3v) is 2.41. The normalized spacial score (nSPS) is 9.45. The number of nitro groups is 1. The monoisotopic (exact) mass is 302 g/mol. The van der Waals surface area contributed by atoms with Crippen molar-refractivity contribution in [3.63, 3.8) is 0 Å². The largest absolute Gasteiger partial charge is 0.371 e. The van der Waals surface area contributed by atoms with Crippen LogP contribution in [-0.2, 0) is 4.79 Å². The Labute approximate surface area is 123 Å². The highest BCUT2D eigenvalue weighted by molar-refractivity contribution is 5.85. The minimum atomic E-state index is -0.481.